The highest BCUT2D eigenvalue weighted by Crippen LogP contribution is 2.35. The highest BCUT2D eigenvalue weighted by molar-refractivity contribution is 6.15. The first-order valence-corrected chi connectivity index (χ1v) is 7.53. The van der Waals surface area contributed by atoms with Gasteiger partial charge in [0.25, 0.3) is 0 Å². The highest BCUT2D eigenvalue weighted by Gasteiger charge is 2.49. The van der Waals surface area contributed by atoms with Crippen molar-refractivity contribution in [3.05, 3.63) is 41.1 Å². The highest BCUT2D eigenvalue weighted by atomic mass is 19.3. The molecule has 0 bridgehead atoms. The minimum atomic E-state index is -5.04. The molecular formula is C16H15F6NO4. The van der Waals surface area contributed by atoms with E-state index in [4.69, 9.17) is 0 Å². The maximum atomic E-state index is 14.1. The lowest BCUT2D eigenvalue weighted by molar-refractivity contribution is -0.148. The van der Waals surface area contributed by atoms with E-state index in [0.29, 0.717) is 12.1 Å². The average Bonchev–Trinajstić information content (AvgIpc) is 2.57. The van der Waals surface area contributed by atoms with Gasteiger partial charge < -0.3 is 14.8 Å². The summed E-state index contributed by atoms with van der Waals surface area (Å²) in [5.74, 6) is -11.2. The fourth-order valence-corrected chi connectivity index (χ4v) is 1.83. The molecule has 0 fully saturated rings. The number of nitrogens with one attached hydrogen (secondary N) is 1. The van der Waals surface area contributed by atoms with Crippen LogP contribution in [-0.4, -0.2) is 37.5 Å². The average molecular weight is 399 g/mol. The summed E-state index contributed by atoms with van der Waals surface area (Å²) in [4.78, 5) is 23.9. The second-order valence-corrected chi connectivity index (χ2v) is 4.87. The molecule has 0 heterocycles. The molecule has 1 N–H and O–H groups in total. The number of alkyl halides is 4. The van der Waals surface area contributed by atoms with Gasteiger partial charge in [0.1, 0.15) is 5.70 Å². The van der Waals surface area contributed by atoms with Crippen molar-refractivity contribution in [2.75, 3.05) is 18.5 Å². The van der Waals surface area contributed by atoms with Crippen molar-refractivity contribution in [1.82, 2.24) is 0 Å². The molecule has 11 heteroatoms. The Balaban J connectivity index is 3.63. The Morgan fingerprint density at radius 2 is 1.56 bits per heavy atom. The van der Waals surface area contributed by atoms with Gasteiger partial charge in [0.2, 0.25) is 0 Å². The first-order valence-electron chi connectivity index (χ1n) is 7.53. The topological polar surface area (TPSA) is 64.6 Å². The number of carbonyl (C=O) groups is 2. The van der Waals surface area contributed by atoms with E-state index in [1.165, 1.54) is 13.8 Å². The van der Waals surface area contributed by atoms with Crippen molar-refractivity contribution in [3.8, 4) is 0 Å². The molecule has 0 aliphatic rings. The molecule has 0 saturated heterocycles. The van der Waals surface area contributed by atoms with Crippen molar-refractivity contribution in [2.24, 2.45) is 0 Å². The van der Waals surface area contributed by atoms with Gasteiger partial charge in [-0.05, 0) is 26.0 Å². The minimum Gasteiger partial charge on any atom is -0.462 e. The lowest BCUT2D eigenvalue weighted by Gasteiger charge is -2.23. The van der Waals surface area contributed by atoms with Gasteiger partial charge in [0.15, 0.2) is 17.2 Å². The maximum Gasteiger partial charge on any atom is 0.347 e. The molecule has 0 spiro atoms. The number of ether oxygens (including phenoxy) is 2. The van der Waals surface area contributed by atoms with Gasteiger partial charge in [-0.25, -0.2) is 27.2 Å². The molecule has 150 valence electrons. The lowest BCUT2D eigenvalue weighted by Crippen LogP contribution is -2.37. The SMILES string of the molecule is CCOC(=O)C(C(=O)OCC)=C(Nc1ccc(F)c(F)c1)C(F)(F)C(F)F. The van der Waals surface area contributed by atoms with Gasteiger partial charge in [-0.2, -0.15) is 8.78 Å². The monoisotopic (exact) mass is 399 g/mol. The number of anilines is 1. The summed E-state index contributed by atoms with van der Waals surface area (Å²) < 4.78 is 89.2. The van der Waals surface area contributed by atoms with Gasteiger partial charge in [-0.3, -0.25) is 0 Å². The van der Waals surface area contributed by atoms with Crippen molar-refractivity contribution in [1.29, 1.82) is 0 Å². The van der Waals surface area contributed by atoms with Gasteiger partial charge in [0, 0.05) is 11.8 Å². The van der Waals surface area contributed by atoms with Crippen LogP contribution in [0, 0.1) is 11.6 Å². The Bertz CT molecular complexity index is 716. The molecule has 0 saturated carbocycles. The molecule has 0 amide bonds. The van der Waals surface area contributed by atoms with Crippen LogP contribution < -0.4 is 5.32 Å². The number of benzene rings is 1. The molecular weight excluding hydrogens is 384 g/mol. The standard InChI is InChI=1S/C16H15F6NO4/c1-3-26-13(24)11(14(25)27-4-2)12(16(21,22)15(19)20)23-8-5-6-9(17)10(18)7-8/h5-7,15,23H,3-4H2,1-2H3. The Labute approximate surface area is 149 Å². The Morgan fingerprint density at radius 3 is 1.96 bits per heavy atom. The number of allylic oxidation sites excluding steroid dienone is 1. The van der Waals surface area contributed by atoms with Crippen LogP contribution >= 0.6 is 0 Å². The molecule has 1 aromatic carbocycles. The minimum absolute atomic E-state index is 0.361. The van der Waals surface area contributed by atoms with Crippen LogP contribution in [0.2, 0.25) is 0 Å². The van der Waals surface area contributed by atoms with E-state index >= 15 is 0 Å². The number of carbonyl (C=O) groups excluding carboxylic acids is 2. The van der Waals surface area contributed by atoms with Crippen molar-refractivity contribution >= 4 is 17.6 Å². The fraction of sp³-hybridized carbons (Fsp3) is 0.375. The van der Waals surface area contributed by atoms with Crippen LogP contribution in [0.4, 0.5) is 32.0 Å². The van der Waals surface area contributed by atoms with Crippen LogP contribution in [-0.2, 0) is 19.1 Å². The Kier molecular flexibility index (Phi) is 7.68. The van der Waals surface area contributed by atoms with E-state index in [0.717, 1.165) is 6.07 Å². The summed E-state index contributed by atoms with van der Waals surface area (Å²) in [5, 5.41) is 1.69. The van der Waals surface area contributed by atoms with Crippen LogP contribution in [0.25, 0.3) is 0 Å². The Hall–Kier alpha value is -2.72. The summed E-state index contributed by atoms with van der Waals surface area (Å²) in [6, 6.07) is 1.66. The van der Waals surface area contributed by atoms with E-state index in [1.54, 1.807) is 5.32 Å². The summed E-state index contributed by atoms with van der Waals surface area (Å²) in [5.41, 5.74) is -4.00. The number of hydrogen-bond donors (Lipinski definition) is 1. The van der Waals surface area contributed by atoms with Gasteiger partial charge in [-0.15, -0.1) is 0 Å². The zero-order chi connectivity index (χ0) is 20.8. The zero-order valence-corrected chi connectivity index (χ0v) is 14.1. The van der Waals surface area contributed by atoms with Crippen LogP contribution in [0.5, 0.6) is 0 Å². The molecule has 0 unspecified atom stereocenters. The van der Waals surface area contributed by atoms with Crippen molar-refractivity contribution in [3.63, 3.8) is 0 Å². The van der Waals surface area contributed by atoms with E-state index in [2.05, 4.69) is 9.47 Å². The second kappa shape index (κ2) is 9.28. The smallest absolute Gasteiger partial charge is 0.347 e. The predicted octanol–water partition coefficient (Wildman–Crippen LogP) is 3.66. The number of halogens is 6. The summed E-state index contributed by atoms with van der Waals surface area (Å²) in [6.45, 7) is 1.85. The lowest BCUT2D eigenvalue weighted by atomic mass is 10.1. The zero-order valence-electron chi connectivity index (χ0n) is 14.1. The molecule has 0 aliphatic heterocycles. The normalized spacial score (nSPS) is 11.1. The van der Waals surface area contributed by atoms with Gasteiger partial charge in [-0.1, -0.05) is 0 Å². The van der Waals surface area contributed by atoms with Crippen molar-refractivity contribution in [2.45, 2.75) is 26.2 Å². The molecule has 0 aliphatic carbocycles. The van der Waals surface area contributed by atoms with Crippen molar-refractivity contribution < 1.29 is 45.4 Å². The van der Waals surface area contributed by atoms with Crippen LogP contribution in [0.1, 0.15) is 13.8 Å². The van der Waals surface area contributed by atoms with Crippen LogP contribution in [0.15, 0.2) is 29.5 Å². The van der Waals surface area contributed by atoms with Gasteiger partial charge in [0.05, 0.1) is 13.2 Å². The molecule has 1 aromatic rings. The largest absolute Gasteiger partial charge is 0.462 e. The summed E-state index contributed by atoms with van der Waals surface area (Å²) in [7, 11) is 0. The summed E-state index contributed by atoms with van der Waals surface area (Å²) >= 11 is 0. The second-order valence-electron chi connectivity index (χ2n) is 4.87. The van der Waals surface area contributed by atoms with E-state index in [-0.39, 0.29) is 13.2 Å². The molecule has 0 radical (unpaired) electrons. The molecule has 1 rings (SSSR count). The molecule has 0 aromatic heterocycles. The predicted molar refractivity (Wildman–Crippen MR) is 81.2 cm³/mol. The fourth-order valence-electron chi connectivity index (χ4n) is 1.83. The quantitative estimate of drug-likeness (QED) is 0.238. The third-order valence-electron chi connectivity index (χ3n) is 3.01. The molecule has 27 heavy (non-hydrogen) atoms. The number of hydrogen-bond acceptors (Lipinski definition) is 5. The third kappa shape index (κ3) is 5.38. The van der Waals surface area contributed by atoms with Gasteiger partial charge >= 0.3 is 24.3 Å². The van der Waals surface area contributed by atoms with Crippen LogP contribution in [0.3, 0.4) is 0 Å². The first-order chi connectivity index (χ1) is 12.6. The third-order valence-corrected chi connectivity index (χ3v) is 3.01. The number of esters is 2. The Morgan fingerprint density at radius 1 is 1.04 bits per heavy atom. The molecule has 0 atom stereocenters. The van der Waals surface area contributed by atoms with E-state index < -0.39 is 52.9 Å². The van der Waals surface area contributed by atoms with E-state index in [1.807, 2.05) is 0 Å². The first kappa shape index (κ1) is 22.3. The van der Waals surface area contributed by atoms with E-state index in [9.17, 15) is 35.9 Å². The maximum absolute atomic E-state index is 14.1. The molecule has 5 nitrogen and oxygen atoms in total. The summed E-state index contributed by atoms with van der Waals surface area (Å²) in [6.07, 6.45) is -4.34. The number of rotatable bonds is 8.